The van der Waals surface area contributed by atoms with E-state index in [4.69, 9.17) is 10.2 Å². The Labute approximate surface area is 138 Å². The molecular weight excluding hydrogens is 288 g/mol. The molecule has 3 N–H and O–H groups in total. The first kappa shape index (κ1) is 17.1. The van der Waals surface area contributed by atoms with Crippen molar-refractivity contribution < 1.29 is 4.42 Å². The van der Waals surface area contributed by atoms with Gasteiger partial charge in [0.15, 0.2) is 5.96 Å². The molecule has 5 nitrogen and oxygen atoms in total. The van der Waals surface area contributed by atoms with E-state index in [9.17, 15) is 0 Å². The number of hydrogen-bond donors (Lipinski definition) is 2. The van der Waals surface area contributed by atoms with E-state index in [0.29, 0.717) is 12.5 Å². The Balaban J connectivity index is 1.99. The lowest BCUT2D eigenvalue weighted by Gasteiger charge is -2.17. The average Bonchev–Trinajstić information content (AvgIpc) is 2.98. The third-order valence-corrected chi connectivity index (χ3v) is 3.42. The summed E-state index contributed by atoms with van der Waals surface area (Å²) in [6.45, 7) is 6.28. The number of rotatable bonds is 7. The van der Waals surface area contributed by atoms with Crippen LogP contribution >= 0.6 is 0 Å². The highest BCUT2D eigenvalue weighted by atomic mass is 16.3. The molecule has 0 bridgehead atoms. The maximum Gasteiger partial charge on any atom is 0.189 e. The van der Waals surface area contributed by atoms with Crippen molar-refractivity contribution in [1.82, 2.24) is 10.2 Å². The fourth-order valence-electron chi connectivity index (χ4n) is 2.39. The Morgan fingerprint density at radius 1 is 1.17 bits per heavy atom. The van der Waals surface area contributed by atoms with E-state index in [-0.39, 0.29) is 6.04 Å². The summed E-state index contributed by atoms with van der Waals surface area (Å²) in [5, 5.41) is 3.11. The summed E-state index contributed by atoms with van der Waals surface area (Å²) in [6.07, 6.45) is 1.70. The minimum atomic E-state index is 0.286. The van der Waals surface area contributed by atoms with Crippen LogP contribution in [0.4, 0.5) is 0 Å². The number of benzene rings is 1. The van der Waals surface area contributed by atoms with E-state index < -0.39 is 0 Å². The highest BCUT2D eigenvalue weighted by molar-refractivity contribution is 5.78. The van der Waals surface area contributed by atoms with E-state index in [1.54, 1.807) is 6.26 Å². The van der Waals surface area contributed by atoms with Gasteiger partial charge in [0.05, 0.1) is 19.4 Å². The van der Waals surface area contributed by atoms with Crippen LogP contribution in [0.2, 0.25) is 0 Å². The van der Waals surface area contributed by atoms with Gasteiger partial charge in [-0.25, -0.2) is 4.99 Å². The lowest BCUT2D eigenvalue weighted by atomic mass is 10.1. The van der Waals surface area contributed by atoms with Gasteiger partial charge in [0.2, 0.25) is 0 Å². The molecule has 1 heterocycles. The SMILES string of the molecule is CC(C)NC(N)=NCc1ccccc1CN(C)Cc1ccco1. The molecule has 0 radical (unpaired) electrons. The first-order valence-corrected chi connectivity index (χ1v) is 7.88. The summed E-state index contributed by atoms with van der Waals surface area (Å²) in [5.41, 5.74) is 8.32. The van der Waals surface area contributed by atoms with Crippen molar-refractivity contribution in [2.75, 3.05) is 7.05 Å². The Hall–Kier alpha value is -2.27. The molecule has 0 aliphatic rings. The van der Waals surface area contributed by atoms with Crippen molar-refractivity contribution in [3.05, 3.63) is 59.5 Å². The Morgan fingerprint density at radius 2 is 1.91 bits per heavy atom. The molecule has 0 fully saturated rings. The smallest absolute Gasteiger partial charge is 0.189 e. The highest BCUT2D eigenvalue weighted by Gasteiger charge is 2.07. The van der Waals surface area contributed by atoms with Gasteiger partial charge in [-0.1, -0.05) is 24.3 Å². The van der Waals surface area contributed by atoms with Crippen LogP contribution in [0.25, 0.3) is 0 Å². The summed E-state index contributed by atoms with van der Waals surface area (Å²) in [4.78, 5) is 6.64. The zero-order valence-corrected chi connectivity index (χ0v) is 14.1. The van der Waals surface area contributed by atoms with Crippen LogP contribution in [0.5, 0.6) is 0 Å². The Morgan fingerprint density at radius 3 is 2.57 bits per heavy atom. The lowest BCUT2D eigenvalue weighted by Crippen LogP contribution is -2.36. The lowest BCUT2D eigenvalue weighted by molar-refractivity contribution is 0.287. The van der Waals surface area contributed by atoms with Crippen molar-refractivity contribution in [1.29, 1.82) is 0 Å². The summed E-state index contributed by atoms with van der Waals surface area (Å²) in [7, 11) is 2.08. The topological polar surface area (TPSA) is 66.8 Å². The van der Waals surface area contributed by atoms with Crippen LogP contribution in [-0.2, 0) is 19.6 Å². The van der Waals surface area contributed by atoms with Crippen LogP contribution in [0.3, 0.4) is 0 Å². The van der Waals surface area contributed by atoms with Gasteiger partial charge in [0, 0.05) is 12.6 Å². The third kappa shape index (κ3) is 5.79. The zero-order valence-electron chi connectivity index (χ0n) is 14.1. The minimum absolute atomic E-state index is 0.286. The summed E-state index contributed by atoms with van der Waals surface area (Å²) < 4.78 is 5.40. The second-order valence-corrected chi connectivity index (χ2v) is 6.02. The fourth-order valence-corrected chi connectivity index (χ4v) is 2.39. The molecule has 0 aliphatic heterocycles. The number of hydrogen-bond acceptors (Lipinski definition) is 3. The van der Waals surface area contributed by atoms with Gasteiger partial charge in [-0.3, -0.25) is 4.90 Å². The quantitative estimate of drug-likeness (QED) is 0.609. The van der Waals surface area contributed by atoms with Gasteiger partial charge >= 0.3 is 0 Å². The first-order valence-electron chi connectivity index (χ1n) is 7.88. The average molecular weight is 314 g/mol. The predicted molar refractivity (Wildman–Crippen MR) is 93.9 cm³/mol. The van der Waals surface area contributed by atoms with Gasteiger partial charge in [-0.2, -0.15) is 0 Å². The fraction of sp³-hybridized carbons (Fsp3) is 0.389. The van der Waals surface area contributed by atoms with Gasteiger partial charge < -0.3 is 15.5 Å². The zero-order chi connectivity index (χ0) is 16.7. The highest BCUT2D eigenvalue weighted by Crippen LogP contribution is 2.14. The second kappa shape index (κ2) is 8.39. The molecule has 0 unspecified atom stereocenters. The van der Waals surface area contributed by atoms with Crippen LogP contribution in [-0.4, -0.2) is 23.9 Å². The largest absolute Gasteiger partial charge is 0.468 e. The molecule has 23 heavy (non-hydrogen) atoms. The maximum absolute atomic E-state index is 5.88. The molecule has 0 atom stereocenters. The number of nitrogens with two attached hydrogens (primary N) is 1. The van der Waals surface area contributed by atoms with E-state index in [1.807, 2.05) is 32.0 Å². The minimum Gasteiger partial charge on any atom is -0.468 e. The molecule has 2 aromatic rings. The van der Waals surface area contributed by atoms with Crippen molar-refractivity contribution in [2.24, 2.45) is 10.7 Å². The molecule has 0 saturated heterocycles. The molecule has 1 aromatic heterocycles. The molecule has 0 amide bonds. The molecule has 0 saturated carbocycles. The molecule has 0 aliphatic carbocycles. The van der Waals surface area contributed by atoms with E-state index in [2.05, 4.69) is 40.5 Å². The molecule has 2 rings (SSSR count). The van der Waals surface area contributed by atoms with Crippen molar-refractivity contribution in [3.63, 3.8) is 0 Å². The maximum atomic E-state index is 5.88. The number of furan rings is 1. The van der Waals surface area contributed by atoms with Crippen molar-refractivity contribution in [2.45, 2.75) is 39.5 Å². The standard InChI is InChI=1S/C18H26N4O/c1-14(2)21-18(19)20-11-15-7-4-5-8-16(15)12-22(3)13-17-9-6-10-23-17/h4-10,14H,11-13H2,1-3H3,(H3,19,20,21). The Bertz CT molecular complexity index is 620. The first-order chi connectivity index (χ1) is 11.0. The second-order valence-electron chi connectivity index (χ2n) is 6.02. The molecule has 0 spiro atoms. The predicted octanol–water partition coefficient (Wildman–Crippen LogP) is 2.72. The summed E-state index contributed by atoms with van der Waals surface area (Å²) >= 11 is 0. The Kier molecular flexibility index (Phi) is 6.23. The van der Waals surface area contributed by atoms with E-state index in [1.165, 1.54) is 11.1 Å². The van der Waals surface area contributed by atoms with Gasteiger partial charge in [-0.05, 0) is 44.2 Å². The molecule has 1 aromatic carbocycles. The van der Waals surface area contributed by atoms with E-state index in [0.717, 1.165) is 18.8 Å². The number of aliphatic imine (C=N–C) groups is 1. The normalized spacial score (nSPS) is 12.1. The summed E-state index contributed by atoms with van der Waals surface area (Å²) in [5.74, 6) is 1.45. The molecular formula is C18H26N4O. The number of nitrogens with zero attached hydrogens (tertiary/aromatic N) is 2. The number of guanidine groups is 1. The van der Waals surface area contributed by atoms with Gasteiger partial charge in [0.1, 0.15) is 5.76 Å². The van der Waals surface area contributed by atoms with Crippen LogP contribution in [0.15, 0.2) is 52.1 Å². The molecule has 124 valence electrons. The third-order valence-electron chi connectivity index (χ3n) is 3.42. The van der Waals surface area contributed by atoms with Crippen LogP contribution in [0, 0.1) is 0 Å². The van der Waals surface area contributed by atoms with Crippen LogP contribution in [0.1, 0.15) is 30.7 Å². The van der Waals surface area contributed by atoms with Gasteiger partial charge in [0.25, 0.3) is 0 Å². The number of nitrogens with one attached hydrogen (secondary N) is 1. The monoisotopic (exact) mass is 314 g/mol. The van der Waals surface area contributed by atoms with Crippen LogP contribution < -0.4 is 11.1 Å². The van der Waals surface area contributed by atoms with Crippen molar-refractivity contribution in [3.8, 4) is 0 Å². The van der Waals surface area contributed by atoms with Gasteiger partial charge in [-0.15, -0.1) is 0 Å². The van der Waals surface area contributed by atoms with Crippen molar-refractivity contribution >= 4 is 5.96 Å². The summed E-state index contributed by atoms with van der Waals surface area (Å²) in [6, 6.07) is 12.5. The van der Waals surface area contributed by atoms with E-state index >= 15 is 0 Å². The molecule has 5 heteroatoms.